The van der Waals surface area contributed by atoms with Crippen LogP contribution in [0.4, 0.5) is 0 Å². The number of carbonyl (C=O) groups is 2. The maximum atomic E-state index is 12.8. The lowest BCUT2D eigenvalue weighted by atomic mass is 9.85. The molecule has 6 atom stereocenters. The Labute approximate surface area is 376 Å². The Morgan fingerprint density at radius 1 is 0.492 bits per heavy atom. The lowest BCUT2D eigenvalue weighted by Gasteiger charge is -2.41. The van der Waals surface area contributed by atoms with Crippen LogP contribution in [0, 0.1) is 0 Å². The first-order chi connectivity index (χ1) is 30.4. The van der Waals surface area contributed by atoms with Crippen LogP contribution in [0.1, 0.15) is 129 Å². The Bertz CT molecular complexity index is 1510. The van der Waals surface area contributed by atoms with Crippen LogP contribution in [0.25, 0.3) is 0 Å². The van der Waals surface area contributed by atoms with E-state index < -0.39 is 75.7 Å². The molecule has 6 unspecified atom stereocenters. The SMILES string of the molecule is CC/C=C\C/C=C\C/C=C\C/C=C\C/C=C\CCCCCC(=O)OC(COC(=O)CCCC/C=C\C/C=C\C/C=C\C/C=C\CC)COP(=O)(O)OC1C(O)C(O)C(O)C(O)C1O. The highest BCUT2D eigenvalue weighted by Gasteiger charge is 2.51. The molecule has 0 spiro atoms. The first kappa shape index (κ1) is 57.5. The first-order valence-corrected chi connectivity index (χ1v) is 24.2. The second-order valence-corrected chi connectivity index (χ2v) is 16.5. The Balaban J connectivity index is 2.54. The molecule has 0 aromatic carbocycles. The van der Waals surface area contributed by atoms with E-state index in [9.17, 15) is 44.6 Å². The zero-order valence-electron chi connectivity index (χ0n) is 37.6. The van der Waals surface area contributed by atoms with Gasteiger partial charge in [0, 0.05) is 12.8 Å². The minimum atomic E-state index is -5.15. The highest BCUT2D eigenvalue weighted by Crippen LogP contribution is 2.47. The van der Waals surface area contributed by atoms with Crippen LogP contribution in [0.2, 0.25) is 0 Å². The average molecular weight is 905 g/mol. The lowest BCUT2D eigenvalue weighted by molar-refractivity contribution is -0.220. The molecule has 0 aromatic rings. The van der Waals surface area contributed by atoms with Gasteiger partial charge in [0.05, 0.1) is 6.61 Å². The summed E-state index contributed by atoms with van der Waals surface area (Å²) in [6.45, 7) is 2.98. The molecule has 13 nitrogen and oxygen atoms in total. The van der Waals surface area contributed by atoms with Gasteiger partial charge in [-0.15, -0.1) is 0 Å². The Morgan fingerprint density at radius 3 is 1.30 bits per heavy atom. The monoisotopic (exact) mass is 905 g/mol. The molecule has 0 aliphatic heterocycles. The van der Waals surface area contributed by atoms with Crippen molar-refractivity contribution >= 4 is 19.8 Å². The number of phosphoric ester groups is 1. The fourth-order valence-electron chi connectivity index (χ4n) is 6.01. The Morgan fingerprint density at radius 2 is 0.857 bits per heavy atom. The van der Waals surface area contributed by atoms with E-state index in [-0.39, 0.29) is 12.8 Å². The predicted octanol–water partition coefficient (Wildman–Crippen LogP) is 8.83. The summed E-state index contributed by atoms with van der Waals surface area (Å²) in [6.07, 6.45) is 38.6. The van der Waals surface area contributed by atoms with Gasteiger partial charge in [0.2, 0.25) is 0 Å². The minimum Gasteiger partial charge on any atom is -0.462 e. The molecule has 63 heavy (non-hydrogen) atoms. The van der Waals surface area contributed by atoms with Gasteiger partial charge in [-0.2, -0.15) is 0 Å². The zero-order valence-corrected chi connectivity index (χ0v) is 38.5. The van der Waals surface area contributed by atoms with Crippen LogP contribution in [0.5, 0.6) is 0 Å². The van der Waals surface area contributed by atoms with Gasteiger partial charge in [-0.25, -0.2) is 4.57 Å². The molecule has 0 heterocycles. The Kier molecular flexibility index (Phi) is 34.6. The van der Waals surface area contributed by atoms with Crippen molar-refractivity contribution in [3.63, 3.8) is 0 Å². The second kappa shape index (κ2) is 37.8. The topological polar surface area (TPSA) is 210 Å². The number of esters is 2. The second-order valence-electron chi connectivity index (χ2n) is 15.1. The Hall–Kier alpha value is -3.49. The number of phosphoric acid groups is 1. The van der Waals surface area contributed by atoms with Crippen molar-refractivity contribution in [2.24, 2.45) is 0 Å². The summed E-state index contributed by atoms with van der Waals surface area (Å²) in [7, 11) is -5.15. The standard InChI is InChI=1S/C49H77O13P/c1-3-5-7-9-11-13-15-17-19-20-21-22-24-26-28-30-32-34-36-38-43(51)61-41(40-60-63(57,58)62-49-47(55)45(53)44(52)46(54)48(49)56)39-59-42(50)37-35-33-31-29-27-25-23-18-16-14-12-10-8-6-4-2/h5-8,11-14,17-19,21-23,26-29,41,44-49,52-56H,3-4,9-10,15-16,20,24-25,30-40H2,1-2H3,(H,57,58)/b7-5-,8-6-,13-11-,14-12-,19-17-,22-21-,23-18-,28-26-,29-27-. The number of hydrogen-bond acceptors (Lipinski definition) is 12. The molecule has 1 aliphatic carbocycles. The highest BCUT2D eigenvalue weighted by molar-refractivity contribution is 7.47. The quantitative estimate of drug-likeness (QED) is 0.0152. The van der Waals surface area contributed by atoms with Crippen LogP contribution >= 0.6 is 7.82 Å². The largest absolute Gasteiger partial charge is 0.472 e. The summed E-state index contributed by atoms with van der Waals surface area (Å²) in [5.74, 6) is -1.20. The van der Waals surface area contributed by atoms with E-state index in [0.29, 0.717) is 12.8 Å². The summed E-state index contributed by atoms with van der Waals surface area (Å²) < 4.78 is 33.4. The molecule has 1 saturated carbocycles. The van der Waals surface area contributed by atoms with E-state index in [0.717, 1.165) is 89.9 Å². The molecular formula is C49H77O13P. The maximum absolute atomic E-state index is 12.8. The lowest BCUT2D eigenvalue weighted by Crippen LogP contribution is -2.64. The normalized spacial score (nSPS) is 22.7. The van der Waals surface area contributed by atoms with Gasteiger partial charge in [-0.1, -0.05) is 130 Å². The van der Waals surface area contributed by atoms with E-state index in [4.69, 9.17) is 18.5 Å². The van der Waals surface area contributed by atoms with Crippen LogP contribution in [0.3, 0.4) is 0 Å². The number of hydrogen-bond donors (Lipinski definition) is 6. The smallest absolute Gasteiger partial charge is 0.462 e. The molecule has 0 saturated heterocycles. The molecule has 0 amide bonds. The number of allylic oxidation sites excluding steroid dienone is 18. The molecule has 6 N–H and O–H groups in total. The van der Waals surface area contributed by atoms with Gasteiger partial charge < -0.3 is 39.9 Å². The molecule has 356 valence electrons. The molecular weight excluding hydrogens is 828 g/mol. The van der Waals surface area contributed by atoms with Gasteiger partial charge >= 0.3 is 19.8 Å². The maximum Gasteiger partial charge on any atom is 0.472 e. The van der Waals surface area contributed by atoms with E-state index in [2.05, 4.69) is 123 Å². The van der Waals surface area contributed by atoms with Crippen LogP contribution < -0.4 is 0 Å². The molecule has 0 aromatic heterocycles. The molecule has 1 fully saturated rings. The van der Waals surface area contributed by atoms with Crippen molar-refractivity contribution in [3.05, 3.63) is 109 Å². The number of ether oxygens (including phenoxy) is 2. The number of aliphatic hydroxyl groups is 5. The zero-order chi connectivity index (χ0) is 46.4. The van der Waals surface area contributed by atoms with Gasteiger partial charge in [-0.3, -0.25) is 18.6 Å². The number of unbranched alkanes of at least 4 members (excludes halogenated alkanes) is 5. The fourth-order valence-corrected chi connectivity index (χ4v) is 6.98. The number of aliphatic hydroxyl groups excluding tert-OH is 5. The molecule has 0 radical (unpaired) electrons. The van der Waals surface area contributed by atoms with Crippen molar-refractivity contribution in [1.29, 1.82) is 0 Å². The predicted molar refractivity (Wildman–Crippen MR) is 248 cm³/mol. The molecule has 1 rings (SSSR count). The summed E-state index contributed by atoms with van der Waals surface area (Å²) >= 11 is 0. The van der Waals surface area contributed by atoms with Crippen molar-refractivity contribution in [2.45, 2.75) is 172 Å². The van der Waals surface area contributed by atoms with Gasteiger partial charge in [0.25, 0.3) is 0 Å². The molecule has 1 aliphatic rings. The van der Waals surface area contributed by atoms with Crippen molar-refractivity contribution < 1.29 is 63.1 Å². The third-order valence-corrected chi connectivity index (χ3v) is 10.6. The van der Waals surface area contributed by atoms with Crippen molar-refractivity contribution in [3.8, 4) is 0 Å². The van der Waals surface area contributed by atoms with Crippen molar-refractivity contribution in [2.75, 3.05) is 13.2 Å². The summed E-state index contributed by atoms with van der Waals surface area (Å²) in [5.41, 5.74) is 0. The third-order valence-electron chi connectivity index (χ3n) is 9.61. The van der Waals surface area contributed by atoms with Crippen LogP contribution in [0.15, 0.2) is 109 Å². The third kappa shape index (κ3) is 30.3. The van der Waals surface area contributed by atoms with E-state index in [1.165, 1.54) is 0 Å². The van der Waals surface area contributed by atoms with Crippen LogP contribution in [-0.2, 0) is 32.7 Å². The van der Waals surface area contributed by atoms with E-state index in [1.807, 2.05) is 0 Å². The van der Waals surface area contributed by atoms with Crippen molar-refractivity contribution in [1.82, 2.24) is 0 Å². The summed E-state index contributed by atoms with van der Waals surface area (Å²) in [4.78, 5) is 35.7. The minimum absolute atomic E-state index is 0.0409. The fraction of sp³-hybridized carbons (Fsp3) is 0.592. The average Bonchev–Trinajstić information content (AvgIpc) is 3.26. The molecule has 0 bridgehead atoms. The van der Waals surface area contributed by atoms with Gasteiger partial charge in [-0.05, 0) is 96.3 Å². The van der Waals surface area contributed by atoms with Gasteiger partial charge in [0.1, 0.15) is 43.2 Å². The number of carbonyl (C=O) groups excluding carboxylic acids is 2. The molecule has 14 heteroatoms. The van der Waals surface area contributed by atoms with E-state index >= 15 is 0 Å². The van der Waals surface area contributed by atoms with E-state index in [1.54, 1.807) is 0 Å². The van der Waals surface area contributed by atoms with Gasteiger partial charge in [0.15, 0.2) is 6.10 Å². The van der Waals surface area contributed by atoms with Crippen LogP contribution in [-0.4, -0.2) is 98.3 Å². The summed E-state index contributed by atoms with van der Waals surface area (Å²) in [6, 6.07) is 0. The number of rotatable bonds is 35. The summed E-state index contributed by atoms with van der Waals surface area (Å²) in [5, 5.41) is 50.1. The first-order valence-electron chi connectivity index (χ1n) is 22.7. The highest BCUT2D eigenvalue weighted by atomic mass is 31.2.